The molecule has 0 unspecified atom stereocenters. The molecule has 1 heteroatoms. The van der Waals surface area contributed by atoms with E-state index in [1.54, 1.807) is 0 Å². The van der Waals surface area contributed by atoms with Crippen molar-refractivity contribution < 1.29 is 0 Å². The summed E-state index contributed by atoms with van der Waals surface area (Å²) in [7, 11) is 0. The molecule has 0 saturated heterocycles. The maximum atomic E-state index is 5.49. The summed E-state index contributed by atoms with van der Waals surface area (Å²) in [5.74, 6) is 0. The fourth-order valence-electron chi connectivity index (χ4n) is 2.76. The Bertz CT molecular complexity index is 332. The highest BCUT2D eigenvalue weighted by Crippen LogP contribution is 2.14. The van der Waals surface area contributed by atoms with Gasteiger partial charge in [-0.2, -0.15) is 0 Å². The van der Waals surface area contributed by atoms with Crippen LogP contribution in [-0.2, 0) is 6.42 Å². The molecule has 0 spiro atoms. The molecule has 2 N–H and O–H groups in total. The van der Waals surface area contributed by atoms with Crippen molar-refractivity contribution >= 4 is 0 Å². The first-order valence-electron chi connectivity index (χ1n) is 8.59. The highest BCUT2D eigenvalue weighted by Gasteiger charge is 1.97. The Balaban J connectivity index is 1.87. The summed E-state index contributed by atoms with van der Waals surface area (Å²) in [5.41, 5.74) is 8.47. The molecule has 0 saturated carbocycles. The van der Waals surface area contributed by atoms with Crippen LogP contribution in [0.5, 0.6) is 0 Å². The smallest absolute Gasteiger partial charge is 0.00773 e. The van der Waals surface area contributed by atoms with Crippen LogP contribution in [0.15, 0.2) is 24.3 Å². The number of rotatable bonds is 12. The average Bonchev–Trinajstić information content (AvgIpc) is 2.46. The minimum Gasteiger partial charge on any atom is -0.330 e. The number of hydrogen-bond acceptors (Lipinski definition) is 1. The Hall–Kier alpha value is -0.820. The Labute approximate surface area is 126 Å². The molecule has 1 aromatic carbocycles. The van der Waals surface area contributed by atoms with Crippen LogP contribution in [-0.4, -0.2) is 6.54 Å². The monoisotopic (exact) mass is 275 g/mol. The zero-order valence-electron chi connectivity index (χ0n) is 13.4. The minimum absolute atomic E-state index is 0.862. The molecule has 20 heavy (non-hydrogen) atoms. The third-order valence-electron chi connectivity index (χ3n) is 4.16. The van der Waals surface area contributed by atoms with E-state index in [2.05, 4.69) is 31.2 Å². The quantitative estimate of drug-likeness (QED) is 0.508. The van der Waals surface area contributed by atoms with Gasteiger partial charge in [-0.25, -0.2) is 0 Å². The molecule has 0 aliphatic heterocycles. The lowest BCUT2D eigenvalue weighted by Gasteiger charge is -2.05. The second-order valence-electron chi connectivity index (χ2n) is 6.00. The molecule has 114 valence electrons. The van der Waals surface area contributed by atoms with Crippen LogP contribution in [0.4, 0.5) is 0 Å². The van der Waals surface area contributed by atoms with Crippen LogP contribution in [0.1, 0.15) is 75.3 Å². The van der Waals surface area contributed by atoms with Gasteiger partial charge in [0.25, 0.3) is 0 Å². The third kappa shape index (κ3) is 8.37. The molecule has 0 amide bonds. The maximum Gasteiger partial charge on any atom is -0.00773 e. The summed E-state index contributed by atoms with van der Waals surface area (Å²) < 4.78 is 0. The SMILES string of the molecule is Cc1ccccc1CCCCCCCCCCCCN. The topological polar surface area (TPSA) is 26.0 Å². The lowest BCUT2D eigenvalue weighted by atomic mass is 10.0. The summed E-state index contributed by atoms with van der Waals surface area (Å²) in [5, 5.41) is 0. The van der Waals surface area contributed by atoms with Gasteiger partial charge >= 0.3 is 0 Å². The second kappa shape index (κ2) is 12.0. The van der Waals surface area contributed by atoms with Gasteiger partial charge in [-0.1, -0.05) is 75.6 Å². The van der Waals surface area contributed by atoms with E-state index in [4.69, 9.17) is 5.73 Å². The predicted molar refractivity (Wildman–Crippen MR) is 90.1 cm³/mol. The fourth-order valence-corrected chi connectivity index (χ4v) is 2.76. The molecule has 0 aliphatic rings. The zero-order chi connectivity index (χ0) is 14.5. The van der Waals surface area contributed by atoms with E-state index < -0.39 is 0 Å². The van der Waals surface area contributed by atoms with E-state index in [9.17, 15) is 0 Å². The van der Waals surface area contributed by atoms with Crippen molar-refractivity contribution in [1.29, 1.82) is 0 Å². The number of hydrogen-bond donors (Lipinski definition) is 1. The van der Waals surface area contributed by atoms with Crippen molar-refractivity contribution in [2.24, 2.45) is 5.73 Å². The molecule has 0 aromatic heterocycles. The molecule has 1 aromatic rings. The molecule has 0 radical (unpaired) electrons. The van der Waals surface area contributed by atoms with E-state index in [0.29, 0.717) is 0 Å². The van der Waals surface area contributed by atoms with Crippen molar-refractivity contribution in [1.82, 2.24) is 0 Å². The van der Waals surface area contributed by atoms with Gasteiger partial charge in [0, 0.05) is 0 Å². The predicted octanol–water partition coefficient (Wildman–Crippen LogP) is 5.40. The Kier molecular flexibility index (Phi) is 10.3. The first kappa shape index (κ1) is 17.2. The molecule has 0 bridgehead atoms. The summed E-state index contributed by atoms with van der Waals surface area (Å²) in [6.45, 7) is 3.08. The largest absolute Gasteiger partial charge is 0.330 e. The van der Waals surface area contributed by atoms with Crippen molar-refractivity contribution in [2.75, 3.05) is 6.54 Å². The van der Waals surface area contributed by atoms with Crippen LogP contribution in [0.2, 0.25) is 0 Å². The molecule has 0 fully saturated rings. The normalized spacial score (nSPS) is 10.9. The third-order valence-corrected chi connectivity index (χ3v) is 4.16. The Morgan fingerprint density at radius 1 is 0.700 bits per heavy atom. The van der Waals surface area contributed by atoms with Crippen molar-refractivity contribution in [3.8, 4) is 0 Å². The first-order valence-corrected chi connectivity index (χ1v) is 8.59. The summed E-state index contributed by atoms with van der Waals surface area (Å²) >= 11 is 0. The summed E-state index contributed by atoms with van der Waals surface area (Å²) in [6.07, 6.45) is 15.0. The minimum atomic E-state index is 0.862. The van der Waals surface area contributed by atoms with Gasteiger partial charge in [0.2, 0.25) is 0 Å². The highest BCUT2D eigenvalue weighted by atomic mass is 14.5. The average molecular weight is 275 g/mol. The molecule has 0 heterocycles. The molecule has 1 rings (SSSR count). The van der Waals surface area contributed by atoms with Crippen LogP contribution in [0.3, 0.4) is 0 Å². The van der Waals surface area contributed by atoms with E-state index in [1.807, 2.05) is 0 Å². The zero-order valence-corrected chi connectivity index (χ0v) is 13.4. The fraction of sp³-hybridized carbons (Fsp3) is 0.684. The standard InChI is InChI=1S/C19H33N/c1-18-14-11-12-16-19(18)15-10-8-6-4-2-3-5-7-9-13-17-20/h11-12,14,16H,2-10,13,15,17,20H2,1H3. The Morgan fingerprint density at radius 2 is 1.20 bits per heavy atom. The van der Waals surface area contributed by atoms with Crippen LogP contribution in [0.25, 0.3) is 0 Å². The lowest BCUT2D eigenvalue weighted by Crippen LogP contribution is -1.97. The van der Waals surface area contributed by atoms with Crippen LogP contribution in [0, 0.1) is 6.92 Å². The van der Waals surface area contributed by atoms with Gasteiger partial charge < -0.3 is 5.73 Å². The van der Waals surface area contributed by atoms with Gasteiger partial charge in [0.1, 0.15) is 0 Å². The van der Waals surface area contributed by atoms with E-state index in [1.165, 1.54) is 81.8 Å². The van der Waals surface area contributed by atoms with Crippen molar-refractivity contribution in [2.45, 2.75) is 77.6 Å². The van der Waals surface area contributed by atoms with Gasteiger partial charge in [0.05, 0.1) is 0 Å². The van der Waals surface area contributed by atoms with Gasteiger partial charge in [-0.3, -0.25) is 0 Å². The van der Waals surface area contributed by atoms with Gasteiger partial charge in [-0.05, 0) is 43.9 Å². The first-order chi connectivity index (χ1) is 9.84. The molecule has 0 aliphatic carbocycles. The van der Waals surface area contributed by atoms with Crippen LogP contribution >= 0.6 is 0 Å². The summed E-state index contributed by atoms with van der Waals surface area (Å²) in [4.78, 5) is 0. The van der Waals surface area contributed by atoms with E-state index in [0.717, 1.165) is 6.54 Å². The van der Waals surface area contributed by atoms with Crippen molar-refractivity contribution in [3.63, 3.8) is 0 Å². The van der Waals surface area contributed by atoms with Gasteiger partial charge in [-0.15, -0.1) is 0 Å². The number of benzene rings is 1. The number of nitrogens with two attached hydrogens (primary N) is 1. The summed E-state index contributed by atoms with van der Waals surface area (Å²) in [6, 6.07) is 8.79. The van der Waals surface area contributed by atoms with Crippen molar-refractivity contribution in [3.05, 3.63) is 35.4 Å². The highest BCUT2D eigenvalue weighted by molar-refractivity contribution is 5.25. The van der Waals surface area contributed by atoms with Crippen LogP contribution < -0.4 is 5.73 Å². The molecular formula is C19H33N. The lowest BCUT2D eigenvalue weighted by molar-refractivity contribution is 0.552. The van der Waals surface area contributed by atoms with E-state index >= 15 is 0 Å². The van der Waals surface area contributed by atoms with Gasteiger partial charge in [0.15, 0.2) is 0 Å². The maximum absolute atomic E-state index is 5.49. The molecular weight excluding hydrogens is 242 g/mol. The number of unbranched alkanes of at least 4 members (excludes halogenated alkanes) is 9. The second-order valence-corrected chi connectivity index (χ2v) is 6.00. The molecule has 0 atom stereocenters. The molecule has 1 nitrogen and oxygen atoms in total. The Morgan fingerprint density at radius 3 is 1.75 bits per heavy atom. The number of aryl methyl sites for hydroxylation is 2. The van der Waals surface area contributed by atoms with E-state index in [-0.39, 0.29) is 0 Å².